The third-order valence-corrected chi connectivity index (χ3v) is 3.74. The lowest BCUT2D eigenvalue weighted by molar-refractivity contribution is -0.146. The summed E-state index contributed by atoms with van der Waals surface area (Å²) in [7, 11) is 0. The van der Waals surface area contributed by atoms with E-state index in [1.807, 2.05) is 38.1 Å². The van der Waals surface area contributed by atoms with Crippen molar-refractivity contribution in [2.24, 2.45) is 0 Å². The summed E-state index contributed by atoms with van der Waals surface area (Å²) in [4.78, 5) is 11.4. The lowest BCUT2D eigenvalue weighted by Gasteiger charge is -2.40. The van der Waals surface area contributed by atoms with Crippen LogP contribution in [0.4, 0.5) is 0 Å². The molecule has 1 aromatic carbocycles. The highest BCUT2D eigenvalue weighted by molar-refractivity contribution is 7.80. The second kappa shape index (κ2) is 4.50. The van der Waals surface area contributed by atoms with Crippen molar-refractivity contribution in [1.29, 1.82) is 0 Å². The molecule has 0 aromatic heterocycles. The fourth-order valence-electron chi connectivity index (χ4n) is 1.49. The molecule has 3 heteroatoms. The normalized spacial score (nSPS) is 12.3. The van der Waals surface area contributed by atoms with Gasteiger partial charge in [-0.15, -0.1) is 12.6 Å². The van der Waals surface area contributed by atoms with E-state index in [2.05, 4.69) is 26.5 Å². The summed E-state index contributed by atoms with van der Waals surface area (Å²) in [5, 5.41) is 0. The van der Waals surface area contributed by atoms with Crippen molar-refractivity contribution in [2.45, 2.75) is 43.6 Å². The van der Waals surface area contributed by atoms with Gasteiger partial charge < -0.3 is 4.74 Å². The minimum Gasteiger partial charge on any atom is -0.461 e. The summed E-state index contributed by atoms with van der Waals surface area (Å²) in [6.07, 6.45) is 0. The van der Waals surface area contributed by atoms with E-state index in [1.54, 1.807) is 0 Å². The Balaban J connectivity index is 3.09. The topological polar surface area (TPSA) is 26.3 Å². The third-order valence-electron chi connectivity index (χ3n) is 3.44. The SMILES string of the molecule is CC(C)(OC=O)C(C)(C)c1ccc(S)cc1. The number of hydrogen-bond donors (Lipinski definition) is 1. The lowest BCUT2D eigenvalue weighted by Crippen LogP contribution is -2.44. The van der Waals surface area contributed by atoms with Crippen LogP contribution in [0.3, 0.4) is 0 Å². The molecule has 0 saturated carbocycles. The molecule has 0 aliphatic rings. The summed E-state index contributed by atoms with van der Waals surface area (Å²) in [5.74, 6) is 0. The Morgan fingerprint density at radius 3 is 2.06 bits per heavy atom. The van der Waals surface area contributed by atoms with E-state index in [4.69, 9.17) is 4.74 Å². The Bertz CT molecular complexity index is 366. The number of thiol groups is 1. The van der Waals surface area contributed by atoms with Gasteiger partial charge in [-0.1, -0.05) is 26.0 Å². The predicted molar refractivity (Wildman–Crippen MR) is 67.9 cm³/mol. The molecular weight excluding hydrogens is 220 g/mol. The molecule has 0 saturated heterocycles. The molecule has 0 bridgehead atoms. The number of carbonyl (C=O) groups is 1. The molecule has 0 spiro atoms. The first-order valence-corrected chi connectivity index (χ1v) is 5.67. The second-order valence-electron chi connectivity index (χ2n) is 4.90. The number of rotatable bonds is 4. The van der Waals surface area contributed by atoms with Gasteiger partial charge in [-0.05, 0) is 31.5 Å². The van der Waals surface area contributed by atoms with Gasteiger partial charge >= 0.3 is 0 Å². The van der Waals surface area contributed by atoms with Crippen molar-refractivity contribution >= 4 is 19.1 Å². The second-order valence-corrected chi connectivity index (χ2v) is 5.41. The van der Waals surface area contributed by atoms with Crippen LogP contribution in [0.1, 0.15) is 33.3 Å². The van der Waals surface area contributed by atoms with Gasteiger partial charge in [0.1, 0.15) is 5.60 Å². The smallest absolute Gasteiger partial charge is 0.293 e. The Morgan fingerprint density at radius 2 is 1.62 bits per heavy atom. The van der Waals surface area contributed by atoms with Crippen molar-refractivity contribution in [2.75, 3.05) is 0 Å². The molecule has 0 radical (unpaired) electrons. The molecule has 0 amide bonds. The zero-order valence-electron chi connectivity index (χ0n) is 10.2. The van der Waals surface area contributed by atoms with Crippen molar-refractivity contribution < 1.29 is 9.53 Å². The molecule has 0 aliphatic carbocycles. The van der Waals surface area contributed by atoms with Crippen molar-refractivity contribution in [1.82, 2.24) is 0 Å². The monoisotopic (exact) mass is 238 g/mol. The van der Waals surface area contributed by atoms with E-state index in [1.165, 1.54) is 0 Å². The predicted octanol–water partition coefficient (Wildman–Crippen LogP) is 3.20. The van der Waals surface area contributed by atoms with Gasteiger partial charge in [-0.25, -0.2) is 0 Å². The largest absolute Gasteiger partial charge is 0.461 e. The summed E-state index contributed by atoms with van der Waals surface area (Å²) in [6.45, 7) is 8.45. The zero-order valence-corrected chi connectivity index (χ0v) is 11.0. The van der Waals surface area contributed by atoms with E-state index < -0.39 is 5.60 Å². The van der Waals surface area contributed by atoms with E-state index in [-0.39, 0.29) is 5.41 Å². The Morgan fingerprint density at radius 1 is 1.12 bits per heavy atom. The average Bonchev–Trinajstić information content (AvgIpc) is 2.18. The molecule has 2 nitrogen and oxygen atoms in total. The molecule has 16 heavy (non-hydrogen) atoms. The highest BCUT2D eigenvalue weighted by atomic mass is 32.1. The van der Waals surface area contributed by atoms with Gasteiger partial charge in [0.15, 0.2) is 0 Å². The molecule has 0 N–H and O–H groups in total. The quantitative estimate of drug-likeness (QED) is 0.644. The molecular formula is C13H18O2S. The fourth-order valence-corrected chi connectivity index (χ4v) is 1.64. The van der Waals surface area contributed by atoms with Gasteiger partial charge in [0.2, 0.25) is 0 Å². The Kier molecular flexibility index (Phi) is 3.68. The summed E-state index contributed by atoms with van der Waals surface area (Å²) < 4.78 is 5.18. The van der Waals surface area contributed by atoms with Gasteiger partial charge in [0, 0.05) is 10.3 Å². The number of benzene rings is 1. The molecule has 88 valence electrons. The molecule has 0 unspecified atom stereocenters. The maximum atomic E-state index is 10.5. The standard InChI is InChI=1S/C13H18O2S/c1-12(2,13(3,4)15-9-14)10-5-7-11(16)8-6-10/h5-9,16H,1-4H3. The maximum Gasteiger partial charge on any atom is 0.293 e. The van der Waals surface area contributed by atoms with Crippen LogP contribution >= 0.6 is 12.6 Å². The summed E-state index contributed by atoms with van der Waals surface area (Å²) in [6, 6.07) is 7.91. The average molecular weight is 238 g/mol. The molecule has 0 atom stereocenters. The molecule has 0 heterocycles. The zero-order chi connectivity index (χ0) is 12.4. The van der Waals surface area contributed by atoms with E-state index in [0.717, 1.165) is 10.5 Å². The number of carbonyl (C=O) groups excluding carboxylic acids is 1. The molecule has 1 rings (SSSR count). The minimum absolute atomic E-state index is 0.255. The highest BCUT2D eigenvalue weighted by Gasteiger charge is 2.40. The minimum atomic E-state index is -0.549. The summed E-state index contributed by atoms with van der Waals surface area (Å²) >= 11 is 4.25. The maximum absolute atomic E-state index is 10.5. The van der Waals surface area contributed by atoms with Gasteiger partial charge in [0.25, 0.3) is 6.47 Å². The lowest BCUT2D eigenvalue weighted by atomic mass is 9.72. The Labute approximate surface area is 102 Å². The van der Waals surface area contributed by atoms with Gasteiger partial charge in [-0.2, -0.15) is 0 Å². The van der Waals surface area contributed by atoms with Crippen LogP contribution in [0.15, 0.2) is 29.2 Å². The van der Waals surface area contributed by atoms with Crippen LogP contribution in [0.2, 0.25) is 0 Å². The number of hydrogen-bond acceptors (Lipinski definition) is 3. The first-order valence-electron chi connectivity index (χ1n) is 5.22. The first kappa shape index (κ1) is 13.1. The highest BCUT2D eigenvalue weighted by Crippen LogP contribution is 2.37. The fraction of sp³-hybridized carbons (Fsp3) is 0.462. The van der Waals surface area contributed by atoms with Gasteiger partial charge in [0.05, 0.1) is 0 Å². The van der Waals surface area contributed by atoms with E-state index in [9.17, 15) is 4.79 Å². The van der Waals surface area contributed by atoms with Crippen LogP contribution < -0.4 is 0 Å². The van der Waals surface area contributed by atoms with E-state index in [0.29, 0.717) is 6.47 Å². The van der Waals surface area contributed by atoms with E-state index >= 15 is 0 Å². The van der Waals surface area contributed by atoms with Crippen molar-refractivity contribution in [3.63, 3.8) is 0 Å². The van der Waals surface area contributed by atoms with Crippen LogP contribution in [0, 0.1) is 0 Å². The van der Waals surface area contributed by atoms with Crippen LogP contribution in [-0.4, -0.2) is 12.1 Å². The van der Waals surface area contributed by atoms with Crippen molar-refractivity contribution in [3.05, 3.63) is 29.8 Å². The molecule has 0 fully saturated rings. The third kappa shape index (κ3) is 2.40. The molecule has 0 aliphatic heterocycles. The van der Waals surface area contributed by atoms with Crippen LogP contribution in [0.25, 0.3) is 0 Å². The van der Waals surface area contributed by atoms with Crippen LogP contribution in [0.5, 0.6) is 0 Å². The van der Waals surface area contributed by atoms with Crippen LogP contribution in [-0.2, 0) is 14.9 Å². The van der Waals surface area contributed by atoms with Crippen molar-refractivity contribution in [3.8, 4) is 0 Å². The summed E-state index contributed by atoms with van der Waals surface area (Å²) in [5.41, 5.74) is 0.319. The first-order chi connectivity index (χ1) is 7.31. The van der Waals surface area contributed by atoms with Gasteiger partial charge in [-0.3, -0.25) is 4.79 Å². The number of ether oxygens (including phenoxy) is 1. The Hall–Kier alpha value is -0.960. The molecule has 1 aromatic rings.